The van der Waals surface area contributed by atoms with Crippen molar-refractivity contribution in [2.75, 3.05) is 11.5 Å². The van der Waals surface area contributed by atoms with E-state index in [0.29, 0.717) is 17.9 Å². The molecule has 0 bridgehead atoms. The van der Waals surface area contributed by atoms with Gasteiger partial charge in [0.15, 0.2) is 0 Å². The minimum atomic E-state index is -0.103. The second kappa shape index (κ2) is 5.88. The summed E-state index contributed by atoms with van der Waals surface area (Å²) >= 11 is 0. The molecule has 0 radical (unpaired) electrons. The highest BCUT2D eigenvalue weighted by Gasteiger charge is 2.30. The van der Waals surface area contributed by atoms with Gasteiger partial charge in [-0.1, -0.05) is 31.1 Å². The summed E-state index contributed by atoms with van der Waals surface area (Å²) < 4.78 is 11.0. The van der Waals surface area contributed by atoms with Crippen LogP contribution < -0.4 is 9.64 Å². The topological polar surface area (TPSA) is 68.5 Å². The number of fused-ring (bicyclic) bond motifs is 2. The van der Waals surface area contributed by atoms with E-state index in [0.717, 1.165) is 22.5 Å². The van der Waals surface area contributed by atoms with Crippen LogP contribution in [0.2, 0.25) is 0 Å². The number of aromatic nitrogens is 2. The fraction of sp³-hybridized carbons (Fsp3) is 0.316. The monoisotopic (exact) mass is 337 g/mol. The molecule has 2 aromatic heterocycles. The van der Waals surface area contributed by atoms with E-state index in [1.54, 1.807) is 11.1 Å². The summed E-state index contributed by atoms with van der Waals surface area (Å²) in [4.78, 5) is 19.2. The van der Waals surface area contributed by atoms with Crippen LogP contribution in [0.4, 0.5) is 5.69 Å². The molecule has 3 aromatic rings. The minimum Gasteiger partial charge on any atom is -0.489 e. The molecule has 1 aliphatic heterocycles. The van der Waals surface area contributed by atoms with Crippen molar-refractivity contribution in [1.29, 1.82) is 0 Å². The molecule has 25 heavy (non-hydrogen) atoms. The molecule has 0 spiro atoms. The molecule has 6 nitrogen and oxygen atoms in total. The van der Waals surface area contributed by atoms with Crippen LogP contribution in [0.25, 0.3) is 11.1 Å². The number of rotatable bonds is 2. The number of hydrogen-bond donors (Lipinski definition) is 0. The number of carbonyl (C=O) groups excluding carboxylic acids is 1. The first kappa shape index (κ1) is 15.6. The van der Waals surface area contributed by atoms with E-state index >= 15 is 0 Å². The van der Waals surface area contributed by atoms with Crippen molar-refractivity contribution >= 4 is 22.7 Å². The van der Waals surface area contributed by atoms with Crippen LogP contribution >= 0.6 is 0 Å². The van der Waals surface area contributed by atoms with Gasteiger partial charge in [0.1, 0.15) is 12.4 Å². The Bertz CT molecular complexity index is 948. The van der Waals surface area contributed by atoms with Gasteiger partial charge in [-0.25, -0.2) is 4.98 Å². The zero-order chi connectivity index (χ0) is 17.6. The second-order valence-corrected chi connectivity index (χ2v) is 6.60. The number of amides is 1. The van der Waals surface area contributed by atoms with Gasteiger partial charge < -0.3 is 9.26 Å². The Morgan fingerprint density at radius 2 is 2.12 bits per heavy atom. The Balaban J connectivity index is 1.78. The zero-order valence-electron chi connectivity index (χ0n) is 14.4. The van der Waals surface area contributed by atoms with Gasteiger partial charge in [-0.05, 0) is 31.0 Å². The normalized spacial score (nSPS) is 16.8. The summed E-state index contributed by atoms with van der Waals surface area (Å²) in [5.41, 5.74) is 2.56. The quantitative estimate of drug-likeness (QED) is 0.712. The van der Waals surface area contributed by atoms with Gasteiger partial charge in [0.25, 0.3) is 11.6 Å². The Labute approximate surface area is 145 Å². The highest BCUT2D eigenvalue weighted by atomic mass is 16.5. The van der Waals surface area contributed by atoms with E-state index in [9.17, 15) is 4.79 Å². The second-order valence-electron chi connectivity index (χ2n) is 6.60. The van der Waals surface area contributed by atoms with Gasteiger partial charge in [0.2, 0.25) is 0 Å². The average molecular weight is 337 g/mol. The maximum Gasteiger partial charge on any atom is 0.260 e. The smallest absolute Gasteiger partial charge is 0.260 e. The van der Waals surface area contributed by atoms with Crippen molar-refractivity contribution < 1.29 is 14.1 Å². The molecule has 1 unspecified atom stereocenters. The number of carbonyl (C=O) groups is 1. The third-order valence-electron chi connectivity index (χ3n) is 4.42. The standard InChI is InChI=1S/C19H19N3O3/c1-11(2)17-14-8-13(9-20-18(14)25-21-17)19(23)22-12(3)10-24-16-7-5-4-6-15(16)22/h4-9,11-12H,10H2,1-3H3. The van der Waals surface area contributed by atoms with E-state index in [4.69, 9.17) is 9.26 Å². The first-order valence-electron chi connectivity index (χ1n) is 8.37. The van der Waals surface area contributed by atoms with Gasteiger partial charge in [-0.3, -0.25) is 9.69 Å². The minimum absolute atomic E-state index is 0.0647. The third-order valence-corrected chi connectivity index (χ3v) is 4.42. The predicted molar refractivity (Wildman–Crippen MR) is 94.1 cm³/mol. The van der Waals surface area contributed by atoms with Crippen molar-refractivity contribution in [1.82, 2.24) is 10.1 Å². The average Bonchev–Trinajstić information content (AvgIpc) is 3.04. The van der Waals surface area contributed by atoms with Crippen LogP contribution in [0.3, 0.4) is 0 Å². The fourth-order valence-electron chi connectivity index (χ4n) is 3.13. The lowest BCUT2D eigenvalue weighted by Crippen LogP contribution is -2.45. The first-order chi connectivity index (χ1) is 12.1. The Kier molecular flexibility index (Phi) is 3.67. The number of pyridine rings is 1. The van der Waals surface area contributed by atoms with Crippen LogP contribution in [0.15, 0.2) is 41.1 Å². The highest BCUT2D eigenvalue weighted by Crippen LogP contribution is 2.35. The summed E-state index contributed by atoms with van der Waals surface area (Å²) in [6, 6.07) is 9.33. The number of benzene rings is 1. The molecule has 0 saturated heterocycles. The highest BCUT2D eigenvalue weighted by molar-refractivity contribution is 6.08. The van der Waals surface area contributed by atoms with Gasteiger partial charge in [0.05, 0.1) is 28.4 Å². The number of ether oxygens (including phenoxy) is 1. The van der Waals surface area contributed by atoms with Crippen LogP contribution in [0, 0.1) is 0 Å². The maximum atomic E-state index is 13.2. The number of anilines is 1. The van der Waals surface area contributed by atoms with E-state index in [1.165, 1.54) is 0 Å². The van der Waals surface area contributed by atoms with Gasteiger partial charge >= 0.3 is 0 Å². The number of hydrogen-bond acceptors (Lipinski definition) is 5. The summed E-state index contributed by atoms with van der Waals surface area (Å²) in [5.74, 6) is 0.806. The molecule has 1 aromatic carbocycles. The van der Waals surface area contributed by atoms with E-state index < -0.39 is 0 Å². The van der Waals surface area contributed by atoms with Gasteiger partial charge in [-0.2, -0.15) is 0 Å². The van der Waals surface area contributed by atoms with Crippen LogP contribution in [0.5, 0.6) is 5.75 Å². The molecule has 0 N–H and O–H groups in total. The molecule has 0 fully saturated rings. The molecule has 128 valence electrons. The molecular weight excluding hydrogens is 318 g/mol. The number of para-hydroxylation sites is 2. The Hall–Kier alpha value is -2.89. The van der Waals surface area contributed by atoms with Crippen LogP contribution in [0.1, 0.15) is 42.7 Å². The molecule has 1 aliphatic rings. The van der Waals surface area contributed by atoms with Crippen LogP contribution in [-0.4, -0.2) is 28.7 Å². The predicted octanol–water partition coefficient (Wildman–Crippen LogP) is 3.77. The van der Waals surface area contributed by atoms with Gasteiger partial charge in [-0.15, -0.1) is 0 Å². The summed E-state index contributed by atoms with van der Waals surface area (Å²) in [6.07, 6.45) is 1.55. The summed E-state index contributed by atoms with van der Waals surface area (Å²) in [5, 5.41) is 4.86. The lowest BCUT2D eigenvalue weighted by Gasteiger charge is -2.35. The molecule has 1 atom stereocenters. The lowest BCUT2D eigenvalue weighted by atomic mass is 10.1. The maximum absolute atomic E-state index is 13.2. The molecule has 0 aliphatic carbocycles. The first-order valence-corrected chi connectivity index (χ1v) is 8.37. The van der Waals surface area contributed by atoms with Crippen molar-refractivity contribution in [3.8, 4) is 5.75 Å². The molecule has 3 heterocycles. The fourth-order valence-corrected chi connectivity index (χ4v) is 3.13. The summed E-state index contributed by atoms with van der Waals surface area (Å²) in [7, 11) is 0. The SMILES string of the molecule is CC(C)c1noc2ncc(C(=O)N3c4ccccc4OCC3C)cc12. The Morgan fingerprint density at radius 3 is 2.92 bits per heavy atom. The Morgan fingerprint density at radius 1 is 1.32 bits per heavy atom. The summed E-state index contributed by atoms with van der Waals surface area (Å²) in [6.45, 7) is 6.50. The number of nitrogens with zero attached hydrogens (tertiary/aromatic N) is 3. The van der Waals surface area contributed by atoms with Gasteiger partial charge in [0, 0.05) is 6.20 Å². The van der Waals surface area contributed by atoms with Crippen molar-refractivity contribution in [3.63, 3.8) is 0 Å². The third kappa shape index (κ3) is 2.54. The van der Waals surface area contributed by atoms with E-state index in [2.05, 4.69) is 10.1 Å². The van der Waals surface area contributed by atoms with Crippen molar-refractivity contribution in [3.05, 3.63) is 47.8 Å². The largest absolute Gasteiger partial charge is 0.489 e. The molecule has 4 rings (SSSR count). The van der Waals surface area contributed by atoms with E-state index in [-0.39, 0.29) is 17.9 Å². The molecule has 0 saturated carbocycles. The van der Waals surface area contributed by atoms with E-state index in [1.807, 2.05) is 51.1 Å². The van der Waals surface area contributed by atoms with Crippen molar-refractivity contribution in [2.45, 2.75) is 32.7 Å². The lowest BCUT2D eigenvalue weighted by molar-refractivity contribution is 0.0961. The van der Waals surface area contributed by atoms with Crippen molar-refractivity contribution in [2.24, 2.45) is 0 Å². The zero-order valence-corrected chi connectivity index (χ0v) is 14.4. The molecule has 1 amide bonds. The molecule has 6 heteroatoms. The molecular formula is C19H19N3O3. The van der Waals surface area contributed by atoms with Crippen LogP contribution in [-0.2, 0) is 0 Å².